The molecule has 0 aromatic heterocycles. The van der Waals surface area contributed by atoms with Crippen LogP contribution in [-0.4, -0.2) is 29.8 Å². The molecule has 64 valence electrons. The topological polar surface area (TPSA) is 20.3 Å². The lowest BCUT2D eigenvalue weighted by atomic mass is 10.4. The van der Waals surface area contributed by atoms with E-state index in [9.17, 15) is 4.79 Å². The Balaban J connectivity index is 3.57. The molecular formula is C8H14ClNO. The Bertz CT molecular complexity index is 141. The van der Waals surface area contributed by atoms with Crippen molar-refractivity contribution < 1.29 is 4.79 Å². The summed E-state index contributed by atoms with van der Waals surface area (Å²) in [5.41, 5.74) is 0. The minimum atomic E-state index is -0.405. The highest BCUT2D eigenvalue weighted by Gasteiger charge is 1.93. The Hall–Kier alpha value is -0.340. The summed E-state index contributed by atoms with van der Waals surface area (Å²) in [4.78, 5) is 12.5. The van der Waals surface area contributed by atoms with E-state index in [1.54, 1.807) is 6.08 Å². The van der Waals surface area contributed by atoms with Crippen molar-refractivity contribution in [3.63, 3.8) is 0 Å². The van der Waals surface area contributed by atoms with E-state index in [1.807, 2.05) is 0 Å². The molecule has 0 fully saturated rings. The summed E-state index contributed by atoms with van der Waals surface area (Å²) in [7, 11) is 0. The average Bonchev–Trinajstić information content (AvgIpc) is 1.98. The summed E-state index contributed by atoms with van der Waals surface area (Å²) in [6, 6.07) is 0. The molecule has 0 aliphatic heterocycles. The van der Waals surface area contributed by atoms with Crippen LogP contribution in [0.5, 0.6) is 0 Å². The molecule has 0 saturated heterocycles. The number of hydrogen-bond acceptors (Lipinski definition) is 2. The van der Waals surface area contributed by atoms with Gasteiger partial charge in [0, 0.05) is 6.54 Å². The molecule has 0 unspecified atom stereocenters. The third-order valence-electron chi connectivity index (χ3n) is 1.51. The molecule has 0 rings (SSSR count). The molecule has 0 atom stereocenters. The Kier molecular flexibility index (Phi) is 6.18. The summed E-state index contributed by atoms with van der Waals surface area (Å²) < 4.78 is 0. The van der Waals surface area contributed by atoms with E-state index in [0.717, 1.165) is 19.6 Å². The van der Waals surface area contributed by atoms with Crippen LogP contribution in [0.25, 0.3) is 0 Å². The highest BCUT2D eigenvalue weighted by Crippen LogP contribution is 1.88. The van der Waals surface area contributed by atoms with Gasteiger partial charge in [-0.25, -0.2) is 0 Å². The van der Waals surface area contributed by atoms with Crippen LogP contribution >= 0.6 is 11.6 Å². The summed E-state index contributed by atoms with van der Waals surface area (Å²) in [5, 5.41) is -0.405. The van der Waals surface area contributed by atoms with Crippen molar-refractivity contribution in [2.75, 3.05) is 19.6 Å². The van der Waals surface area contributed by atoms with Gasteiger partial charge in [-0.1, -0.05) is 19.9 Å². The molecule has 11 heavy (non-hydrogen) atoms. The molecule has 0 aliphatic rings. The van der Waals surface area contributed by atoms with Gasteiger partial charge in [-0.15, -0.1) is 0 Å². The number of nitrogens with zero attached hydrogens (tertiary/aromatic N) is 1. The van der Waals surface area contributed by atoms with Crippen molar-refractivity contribution in [1.29, 1.82) is 0 Å². The van der Waals surface area contributed by atoms with Gasteiger partial charge in [0.1, 0.15) is 0 Å². The number of halogens is 1. The van der Waals surface area contributed by atoms with E-state index in [-0.39, 0.29) is 0 Å². The Morgan fingerprint density at radius 3 is 2.36 bits per heavy atom. The zero-order chi connectivity index (χ0) is 8.69. The van der Waals surface area contributed by atoms with E-state index in [2.05, 4.69) is 18.7 Å². The summed E-state index contributed by atoms with van der Waals surface area (Å²) in [5.74, 6) is 0. The Morgan fingerprint density at radius 1 is 1.45 bits per heavy atom. The van der Waals surface area contributed by atoms with E-state index in [0.29, 0.717) is 0 Å². The largest absolute Gasteiger partial charge is 0.300 e. The highest BCUT2D eigenvalue weighted by atomic mass is 35.5. The predicted octanol–water partition coefficient (Wildman–Crippen LogP) is 1.65. The molecule has 0 N–H and O–H groups in total. The summed E-state index contributed by atoms with van der Waals surface area (Å²) in [6.07, 6.45) is 3.17. The third kappa shape index (κ3) is 6.07. The first-order valence-electron chi connectivity index (χ1n) is 3.79. The standard InChI is InChI=1S/C8H14ClNO/c1-3-10(4-2)7-5-6-8(9)11/h5-6H,3-4,7H2,1-2H3/b6-5+. The monoisotopic (exact) mass is 175 g/mol. The van der Waals surface area contributed by atoms with Gasteiger partial charge in [0.15, 0.2) is 0 Å². The summed E-state index contributed by atoms with van der Waals surface area (Å²) in [6.45, 7) is 6.96. The normalized spacial score (nSPS) is 11.3. The van der Waals surface area contributed by atoms with Gasteiger partial charge in [-0.3, -0.25) is 4.79 Å². The number of hydrogen-bond donors (Lipinski definition) is 0. The SMILES string of the molecule is CCN(CC)C/C=C/C(=O)Cl. The molecule has 0 saturated carbocycles. The lowest BCUT2D eigenvalue weighted by molar-refractivity contribution is -0.107. The first kappa shape index (κ1) is 10.7. The molecule has 0 heterocycles. The van der Waals surface area contributed by atoms with Crippen molar-refractivity contribution in [2.45, 2.75) is 13.8 Å². The fourth-order valence-electron chi connectivity index (χ4n) is 0.776. The molecular weight excluding hydrogens is 162 g/mol. The van der Waals surface area contributed by atoms with Crippen LogP contribution in [0.1, 0.15) is 13.8 Å². The van der Waals surface area contributed by atoms with Gasteiger partial charge >= 0.3 is 0 Å². The lowest BCUT2D eigenvalue weighted by Crippen LogP contribution is -2.22. The van der Waals surface area contributed by atoms with Crippen molar-refractivity contribution in [2.24, 2.45) is 0 Å². The Morgan fingerprint density at radius 2 is 2.00 bits per heavy atom. The van der Waals surface area contributed by atoms with Crippen molar-refractivity contribution >= 4 is 16.8 Å². The van der Waals surface area contributed by atoms with Crippen LogP contribution in [-0.2, 0) is 4.79 Å². The van der Waals surface area contributed by atoms with E-state index >= 15 is 0 Å². The van der Waals surface area contributed by atoms with Gasteiger partial charge in [0.2, 0.25) is 5.24 Å². The third-order valence-corrected chi connectivity index (χ3v) is 1.63. The zero-order valence-corrected chi connectivity index (χ0v) is 7.77. The van der Waals surface area contributed by atoms with Gasteiger partial charge < -0.3 is 4.90 Å². The summed E-state index contributed by atoms with van der Waals surface area (Å²) >= 11 is 5.10. The Labute approximate surface area is 72.8 Å². The fraction of sp³-hybridized carbons (Fsp3) is 0.625. The molecule has 0 spiro atoms. The molecule has 0 aliphatic carbocycles. The second-order valence-corrected chi connectivity index (χ2v) is 2.56. The lowest BCUT2D eigenvalue weighted by Gasteiger charge is -2.14. The number of rotatable bonds is 5. The number of carbonyl (C=O) groups excluding carboxylic acids is 1. The maximum Gasteiger partial charge on any atom is 0.244 e. The van der Waals surface area contributed by atoms with E-state index in [1.165, 1.54) is 6.08 Å². The number of carbonyl (C=O) groups is 1. The zero-order valence-electron chi connectivity index (χ0n) is 7.01. The first-order chi connectivity index (χ1) is 5.20. The molecule has 0 aromatic carbocycles. The number of likely N-dealkylation sites (N-methyl/N-ethyl adjacent to an activating group) is 1. The average molecular weight is 176 g/mol. The maximum absolute atomic E-state index is 10.3. The quantitative estimate of drug-likeness (QED) is 0.468. The molecule has 0 bridgehead atoms. The smallest absolute Gasteiger partial charge is 0.244 e. The fourth-order valence-corrected chi connectivity index (χ4v) is 0.865. The van der Waals surface area contributed by atoms with Crippen LogP contribution < -0.4 is 0 Å². The van der Waals surface area contributed by atoms with Gasteiger partial charge in [0.25, 0.3) is 0 Å². The van der Waals surface area contributed by atoms with Crippen LogP contribution in [0.15, 0.2) is 12.2 Å². The van der Waals surface area contributed by atoms with Crippen LogP contribution in [0.2, 0.25) is 0 Å². The minimum absolute atomic E-state index is 0.405. The number of allylic oxidation sites excluding steroid dienone is 1. The van der Waals surface area contributed by atoms with Crippen LogP contribution in [0.4, 0.5) is 0 Å². The van der Waals surface area contributed by atoms with Crippen molar-refractivity contribution in [3.8, 4) is 0 Å². The molecule has 0 radical (unpaired) electrons. The maximum atomic E-state index is 10.3. The van der Waals surface area contributed by atoms with Gasteiger partial charge in [0.05, 0.1) is 0 Å². The van der Waals surface area contributed by atoms with E-state index in [4.69, 9.17) is 11.6 Å². The second-order valence-electron chi connectivity index (χ2n) is 2.19. The molecule has 0 aromatic rings. The molecule has 0 amide bonds. The molecule has 3 heteroatoms. The minimum Gasteiger partial charge on any atom is -0.300 e. The first-order valence-corrected chi connectivity index (χ1v) is 4.16. The highest BCUT2D eigenvalue weighted by molar-refractivity contribution is 6.66. The van der Waals surface area contributed by atoms with Gasteiger partial charge in [-0.05, 0) is 30.8 Å². The second kappa shape index (κ2) is 6.38. The predicted molar refractivity (Wildman–Crippen MR) is 47.8 cm³/mol. The van der Waals surface area contributed by atoms with E-state index < -0.39 is 5.24 Å². The van der Waals surface area contributed by atoms with Crippen molar-refractivity contribution in [1.82, 2.24) is 4.90 Å². The van der Waals surface area contributed by atoms with Crippen LogP contribution in [0, 0.1) is 0 Å². The van der Waals surface area contributed by atoms with Gasteiger partial charge in [-0.2, -0.15) is 0 Å². The van der Waals surface area contributed by atoms with Crippen LogP contribution in [0.3, 0.4) is 0 Å². The van der Waals surface area contributed by atoms with Crippen molar-refractivity contribution in [3.05, 3.63) is 12.2 Å². The molecule has 2 nitrogen and oxygen atoms in total.